The Bertz CT molecular complexity index is 265. The standard InChI is InChI=1S/C10H14ClNOS/c11-8-1-3-10(4-2-8)14-7-9(13)5-6-12/h1-4,9,13H,5-7,12H2. The first-order valence-corrected chi connectivity index (χ1v) is 5.85. The van der Waals surface area contributed by atoms with Crippen molar-refractivity contribution < 1.29 is 5.11 Å². The topological polar surface area (TPSA) is 46.2 Å². The second kappa shape index (κ2) is 6.30. The fourth-order valence-corrected chi connectivity index (χ4v) is 2.00. The summed E-state index contributed by atoms with van der Waals surface area (Å²) in [5.74, 6) is 0.679. The third-order valence-corrected chi connectivity index (χ3v) is 3.16. The van der Waals surface area contributed by atoms with Crippen molar-refractivity contribution in [3.63, 3.8) is 0 Å². The first-order chi connectivity index (χ1) is 6.72. The van der Waals surface area contributed by atoms with Gasteiger partial charge in [-0.2, -0.15) is 0 Å². The number of hydrogen-bond donors (Lipinski definition) is 2. The minimum absolute atomic E-state index is 0.319. The highest BCUT2D eigenvalue weighted by Crippen LogP contribution is 2.21. The van der Waals surface area contributed by atoms with Gasteiger partial charge in [-0.3, -0.25) is 0 Å². The van der Waals surface area contributed by atoms with Gasteiger partial charge in [0.15, 0.2) is 0 Å². The molecule has 1 atom stereocenters. The fraction of sp³-hybridized carbons (Fsp3) is 0.400. The molecule has 0 aliphatic heterocycles. The minimum atomic E-state index is -0.319. The van der Waals surface area contributed by atoms with Crippen LogP contribution < -0.4 is 5.73 Å². The summed E-state index contributed by atoms with van der Waals surface area (Å²) in [7, 11) is 0. The van der Waals surface area contributed by atoms with Gasteiger partial charge in [0.25, 0.3) is 0 Å². The molecule has 1 unspecified atom stereocenters. The van der Waals surface area contributed by atoms with Gasteiger partial charge in [0.05, 0.1) is 6.10 Å². The highest BCUT2D eigenvalue weighted by atomic mass is 35.5. The molecular formula is C10H14ClNOS. The van der Waals surface area contributed by atoms with Crippen LogP contribution in [0.4, 0.5) is 0 Å². The van der Waals surface area contributed by atoms with Crippen molar-refractivity contribution in [2.75, 3.05) is 12.3 Å². The van der Waals surface area contributed by atoms with Gasteiger partial charge in [-0.15, -0.1) is 11.8 Å². The maximum Gasteiger partial charge on any atom is 0.0646 e. The molecule has 0 saturated carbocycles. The van der Waals surface area contributed by atoms with Gasteiger partial charge in [-0.1, -0.05) is 11.6 Å². The number of aliphatic hydroxyl groups is 1. The van der Waals surface area contributed by atoms with Crippen LogP contribution in [0.1, 0.15) is 6.42 Å². The van der Waals surface area contributed by atoms with Crippen molar-refractivity contribution in [1.29, 1.82) is 0 Å². The van der Waals surface area contributed by atoms with Crippen LogP contribution in [0.3, 0.4) is 0 Å². The van der Waals surface area contributed by atoms with Gasteiger partial charge in [-0.05, 0) is 37.2 Å². The molecule has 0 heterocycles. The summed E-state index contributed by atoms with van der Waals surface area (Å²) >= 11 is 7.36. The van der Waals surface area contributed by atoms with Crippen LogP contribution >= 0.6 is 23.4 Å². The number of aliphatic hydroxyl groups excluding tert-OH is 1. The predicted octanol–water partition coefficient (Wildman–Crippen LogP) is 2.14. The summed E-state index contributed by atoms with van der Waals surface area (Å²) in [6, 6.07) is 7.59. The van der Waals surface area contributed by atoms with Gasteiger partial charge >= 0.3 is 0 Å². The van der Waals surface area contributed by atoms with Crippen LogP contribution in [-0.4, -0.2) is 23.5 Å². The molecule has 2 nitrogen and oxygen atoms in total. The van der Waals surface area contributed by atoms with Crippen molar-refractivity contribution in [1.82, 2.24) is 0 Å². The van der Waals surface area contributed by atoms with Crippen LogP contribution in [0.2, 0.25) is 5.02 Å². The van der Waals surface area contributed by atoms with Gasteiger partial charge in [0, 0.05) is 15.7 Å². The van der Waals surface area contributed by atoms with Crippen molar-refractivity contribution in [2.45, 2.75) is 17.4 Å². The van der Waals surface area contributed by atoms with E-state index < -0.39 is 0 Å². The number of nitrogens with two attached hydrogens (primary N) is 1. The maximum absolute atomic E-state index is 9.44. The number of benzene rings is 1. The first kappa shape index (κ1) is 11.9. The summed E-state index contributed by atoms with van der Waals surface area (Å²) in [4.78, 5) is 1.12. The van der Waals surface area contributed by atoms with Crippen molar-refractivity contribution >= 4 is 23.4 Å². The average Bonchev–Trinajstić information content (AvgIpc) is 2.17. The molecule has 0 aliphatic rings. The van der Waals surface area contributed by atoms with E-state index in [4.69, 9.17) is 17.3 Å². The van der Waals surface area contributed by atoms with Crippen molar-refractivity contribution in [2.24, 2.45) is 5.73 Å². The lowest BCUT2D eigenvalue weighted by atomic mass is 10.3. The molecule has 0 radical (unpaired) electrons. The fourth-order valence-electron chi connectivity index (χ4n) is 0.999. The van der Waals surface area contributed by atoms with E-state index in [-0.39, 0.29) is 6.10 Å². The Morgan fingerprint density at radius 2 is 2.00 bits per heavy atom. The Labute approximate surface area is 93.5 Å². The number of thioether (sulfide) groups is 1. The number of hydrogen-bond acceptors (Lipinski definition) is 3. The van der Waals surface area contributed by atoms with E-state index in [1.54, 1.807) is 11.8 Å². The third-order valence-electron chi connectivity index (χ3n) is 1.76. The Hall–Kier alpha value is -0.220. The molecule has 78 valence electrons. The van der Waals surface area contributed by atoms with Crippen LogP contribution in [0, 0.1) is 0 Å². The van der Waals surface area contributed by atoms with E-state index >= 15 is 0 Å². The van der Waals surface area contributed by atoms with Crippen LogP contribution in [0.5, 0.6) is 0 Å². The second-order valence-electron chi connectivity index (χ2n) is 3.00. The maximum atomic E-state index is 9.44. The van der Waals surface area contributed by atoms with E-state index in [1.807, 2.05) is 24.3 Å². The lowest BCUT2D eigenvalue weighted by Crippen LogP contribution is -2.15. The molecule has 1 aromatic carbocycles. The van der Waals surface area contributed by atoms with Gasteiger partial charge in [-0.25, -0.2) is 0 Å². The molecule has 3 N–H and O–H groups in total. The highest BCUT2D eigenvalue weighted by Gasteiger charge is 2.03. The Morgan fingerprint density at radius 3 is 2.57 bits per heavy atom. The van der Waals surface area contributed by atoms with Gasteiger partial charge in [0.2, 0.25) is 0 Å². The Morgan fingerprint density at radius 1 is 1.36 bits per heavy atom. The van der Waals surface area contributed by atoms with Crippen LogP contribution in [0.25, 0.3) is 0 Å². The van der Waals surface area contributed by atoms with E-state index in [2.05, 4.69) is 0 Å². The van der Waals surface area contributed by atoms with Crippen LogP contribution in [0.15, 0.2) is 29.2 Å². The molecule has 0 aliphatic carbocycles. The summed E-state index contributed by atoms with van der Waals surface area (Å²) in [5.41, 5.74) is 5.33. The predicted molar refractivity (Wildman–Crippen MR) is 61.9 cm³/mol. The van der Waals surface area contributed by atoms with E-state index in [1.165, 1.54) is 0 Å². The monoisotopic (exact) mass is 231 g/mol. The van der Waals surface area contributed by atoms with E-state index in [9.17, 15) is 5.11 Å². The molecule has 1 rings (SSSR count). The van der Waals surface area contributed by atoms with E-state index in [0.29, 0.717) is 18.7 Å². The molecule has 1 aromatic rings. The van der Waals surface area contributed by atoms with Gasteiger partial charge in [0.1, 0.15) is 0 Å². The van der Waals surface area contributed by atoms with Gasteiger partial charge < -0.3 is 10.8 Å². The minimum Gasteiger partial charge on any atom is -0.392 e. The summed E-state index contributed by atoms with van der Waals surface area (Å²) in [6.45, 7) is 0.530. The lowest BCUT2D eigenvalue weighted by Gasteiger charge is -2.08. The molecule has 0 bridgehead atoms. The zero-order valence-corrected chi connectivity index (χ0v) is 9.39. The molecule has 0 fully saturated rings. The van der Waals surface area contributed by atoms with Crippen molar-refractivity contribution in [3.05, 3.63) is 29.3 Å². The molecular weight excluding hydrogens is 218 g/mol. The normalized spacial score (nSPS) is 12.8. The first-order valence-electron chi connectivity index (χ1n) is 4.49. The zero-order chi connectivity index (χ0) is 10.4. The summed E-state index contributed by atoms with van der Waals surface area (Å²) in [6.07, 6.45) is 0.335. The number of halogens is 1. The Kier molecular flexibility index (Phi) is 5.33. The lowest BCUT2D eigenvalue weighted by molar-refractivity contribution is 0.192. The molecule has 14 heavy (non-hydrogen) atoms. The highest BCUT2D eigenvalue weighted by molar-refractivity contribution is 7.99. The largest absolute Gasteiger partial charge is 0.392 e. The molecule has 0 saturated heterocycles. The smallest absolute Gasteiger partial charge is 0.0646 e. The second-order valence-corrected chi connectivity index (χ2v) is 4.53. The third kappa shape index (κ3) is 4.33. The zero-order valence-electron chi connectivity index (χ0n) is 7.82. The molecule has 4 heteroatoms. The number of rotatable bonds is 5. The van der Waals surface area contributed by atoms with Crippen LogP contribution in [-0.2, 0) is 0 Å². The quantitative estimate of drug-likeness (QED) is 0.764. The average molecular weight is 232 g/mol. The summed E-state index contributed by atoms with van der Waals surface area (Å²) in [5, 5.41) is 10.2. The summed E-state index contributed by atoms with van der Waals surface area (Å²) < 4.78 is 0. The SMILES string of the molecule is NCCC(O)CSc1ccc(Cl)cc1. The Balaban J connectivity index is 2.34. The molecule has 0 amide bonds. The van der Waals surface area contributed by atoms with Crippen molar-refractivity contribution in [3.8, 4) is 0 Å². The molecule has 0 aromatic heterocycles. The van der Waals surface area contributed by atoms with E-state index in [0.717, 1.165) is 9.92 Å². The molecule has 0 spiro atoms.